The predicted octanol–water partition coefficient (Wildman–Crippen LogP) is 2.47. The monoisotopic (exact) mass is 281 g/mol. The number of rotatable bonds is 6. The van der Waals surface area contributed by atoms with Crippen LogP contribution in [-0.2, 0) is 21.3 Å². The van der Waals surface area contributed by atoms with Gasteiger partial charge in [0.05, 0.1) is 0 Å². The summed E-state index contributed by atoms with van der Waals surface area (Å²) in [5, 5.41) is 2.33. The molecule has 1 aromatic carbocycles. The molecule has 1 N–H and O–H groups in total. The minimum atomic E-state index is -1.18. The summed E-state index contributed by atoms with van der Waals surface area (Å²) in [5.41, 5.74) is 3.34. The van der Waals surface area contributed by atoms with Crippen molar-refractivity contribution in [3.05, 3.63) is 34.9 Å². The van der Waals surface area contributed by atoms with Crippen LogP contribution in [0.25, 0.3) is 0 Å². The van der Waals surface area contributed by atoms with Crippen LogP contribution in [0.15, 0.2) is 18.2 Å². The Morgan fingerprint density at radius 1 is 1.37 bits per heavy atom. The molecule has 19 heavy (non-hydrogen) atoms. The molecule has 0 fully saturated rings. The first kappa shape index (κ1) is 15.9. The first-order valence-corrected chi connectivity index (χ1v) is 8.05. The quantitative estimate of drug-likeness (QED) is 0.870. The largest absolute Gasteiger partial charge is 0.355 e. The molecule has 1 aromatic rings. The Kier molecular flexibility index (Phi) is 6.22. The van der Waals surface area contributed by atoms with Gasteiger partial charge in [-0.2, -0.15) is 0 Å². The molecule has 2 unspecified atom stereocenters. The van der Waals surface area contributed by atoms with E-state index in [2.05, 4.69) is 5.32 Å². The van der Waals surface area contributed by atoms with E-state index in [0.717, 1.165) is 23.1 Å². The van der Waals surface area contributed by atoms with Crippen molar-refractivity contribution in [2.75, 3.05) is 6.54 Å². The number of aryl methyl sites for hydroxylation is 2. The third-order valence-corrected chi connectivity index (χ3v) is 4.71. The highest BCUT2D eigenvalue weighted by molar-refractivity contribution is 7.85. The van der Waals surface area contributed by atoms with Gasteiger partial charge >= 0.3 is 0 Å². The van der Waals surface area contributed by atoms with E-state index in [9.17, 15) is 9.00 Å². The summed E-state index contributed by atoms with van der Waals surface area (Å²) < 4.78 is 12.2. The van der Waals surface area contributed by atoms with Crippen molar-refractivity contribution in [3.8, 4) is 0 Å². The molecule has 0 aliphatic carbocycles. The van der Waals surface area contributed by atoms with E-state index < -0.39 is 16.0 Å². The fraction of sp³-hybridized carbons (Fsp3) is 0.533. The van der Waals surface area contributed by atoms with Gasteiger partial charge in [0.25, 0.3) is 0 Å². The summed E-state index contributed by atoms with van der Waals surface area (Å²) in [7, 11) is -1.18. The molecule has 1 amide bonds. The lowest BCUT2D eigenvalue weighted by Gasteiger charge is -2.13. The van der Waals surface area contributed by atoms with Crippen LogP contribution in [-0.4, -0.2) is 21.9 Å². The van der Waals surface area contributed by atoms with E-state index in [-0.39, 0.29) is 5.91 Å². The molecular formula is C15H23NO2S. The fourth-order valence-corrected chi connectivity index (χ4v) is 2.93. The Morgan fingerprint density at radius 2 is 2.05 bits per heavy atom. The van der Waals surface area contributed by atoms with E-state index in [4.69, 9.17) is 0 Å². The Hall–Kier alpha value is -1.16. The summed E-state index contributed by atoms with van der Waals surface area (Å²) in [6.07, 6.45) is 0.891. The summed E-state index contributed by atoms with van der Waals surface area (Å²) in [6.45, 7) is 8.39. The summed E-state index contributed by atoms with van der Waals surface area (Å²) in [5.74, 6) is 0.319. The molecule has 0 aliphatic heterocycles. The average molecular weight is 281 g/mol. The second-order valence-corrected chi connectivity index (χ2v) is 6.65. The summed E-state index contributed by atoms with van der Waals surface area (Å²) in [4.78, 5) is 11.8. The average Bonchev–Trinajstić information content (AvgIpc) is 2.39. The molecule has 0 bridgehead atoms. The molecule has 4 heteroatoms. The molecule has 1 rings (SSSR count). The van der Waals surface area contributed by atoms with Crippen molar-refractivity contribution < 1.29 is 9.00 Å². The van der Waals surface area contributed by atoms with Crippen LogP contribution >= 0.6 is 0 Å². The van der Waals surface area contributed by atoms with Crippen LogP contribution in [0.4, 0.5) is 0 Å². The maximum Gasteiger partial charge on any atom is 0.235 e. The highest BCUT2D eigenvalue weighted by Crippen LogP contribution is 2.14. The summed E-state index contributed by atoms with van der Waals surface area (Å²) >= 11 is 0. The van der Waals surface area contributed by atoms with E-state index in [1.54, 1.807) is 6.92 Å². The number of carbonyl (C=O) groups excluding carboxylic acids is 1. The fourth-order valence-electron chi connectivity index (χ4n) is 1.75. The number of hydrogen-bond donors (Lipinski definition) is 1. The number of amides is 1. The van der Waals surface area contributed by atoms with Gasteiger partial charge in [-0.25, -0.2) is 0 Å². The zero-order valence-corrected chi connectivity index (χ0v) is 13.0. The molecule has 0 radical (unpaired) electrons. The maximum absolute atomic E-state index is 12.2. The molecule has 0 heterocycles. The van der Waals surface area contributed by atoms with Crippen LogP contribution in [0.1, 0.15) is 37.0 Å². The first-order valence-electron chi connectivity index (χ1n) is 6.66. The lowest BCUT2D eigenvalue weighted by Crippen LogP contribution is -2.36. The molecule has 0 saturated carbocycles. The highest BCUT2D eigenvalue weighted by Gasteiger charge is 2.20. The number of nitrogens with one attached hydrogen (secondary N) is 1. The van der Waals surface area contributed by atoms with Crippen molar-refractivity contribution in [2.24, 2.45) is 0 Å². The normalized spacial score (nSPS) is 13.9. The minimum absolute atomic E-state index is 0.120. The van der Waals surface area contributed by atoms with E-state index in [1.165, 1.54) is 0 Å². The van der Waals surface area contributed by atoms with Gasteiger partial charge in [0.2, 0.25) is 5.91 Å². The Labute approximate surface area is 118 Å². The topological polar surface area (TPSA) is 46.2 Å². The molecule has 3 nitrogen and oxygen atoms in total. The lowest BCUT2D eigenvalue weighted by molar-refractivity contribution is -0.120. The van der Waals surface area contributed by atoms with Gasteiger partial charge in [-0.3, -0.25) is 9.00 Å². The number of hydrogen-bond acceptors (Lipinski definition) is 2. The number of carbonyl (C=O) groups is 1. The SMILES string of the molecule is CCCNC(=O)C(C)S(=O)Cc1cc(C)ccc1C. The zero-order chi connectivity index (χ0) is 14.4. The number of benzene rings is 1. The molecule has 106 valence electrons. The van der Waals surface area contributed by atoms with Crippen molar-refractivity contribution in [3.63, 3.8) is 0 Å². The van der Waals surface area contributed by atoms with Gasteiger partial charge in [0.15, 0.2) is 0 Å². The second-order valence-electron chi connectivity index (χ2n) is 4.89. The van der Waals surface area contributed by atoms with Gasteiger partial charge in [-0.15, -0.1) is 0 Å². The van der Waals surface area contributed by atoms with E-state index in [0.29, 0.717) is 12.3 Å². The molecule has 0 spiro atoms. The van der Waals surface area contributed by atoms with Gasteiger partial charge in [0.1, 0.15) is 5.25 Å². The summed E-state index contributed by atoms with van der Waals surface area (Å²) in [6, 6.07) is 6.12. The third-order valence-electron chi connectivity index (χ3n) is 3.12. The van der Waals surface area contributed by atoms with Gasteiger partial charge < -0.3 is 5.32 Å². The standard InChI is InChI=1S/C15H23NO2S/c1-5-8-16-15(17)13(4)19(18)10-14-9-11(2)6-7-12(14)3/h6-7,9,13H,5,8,10H2,1-4H3,(H,16,17). The van der Waals surface area contributed by atoms with Crippen LogP contribution in [0.3, 0.4) is 0 Å². The van der Waals surface area contributed by atoms with Crippen molar-refractivity contribution in [1.29, 1.82) is 0 Å². The van der Waals surface area contributed by atoms with E-state index >= 15 is 0 Å². The van der Waals surface area contributed by atoms with Crippen LogP contribution in [0, 0.1) is 13.8 Å². The molecule has 0 aliphatic rings. The van der Waals surface area contributed by atoms with Crippen molar-refractivity contribution in [2.45, 2.75) is 45.1 Å². The molecule has 2 atom stereocenters. The Balaban J connectivity index is 2.68. The van der Waals surface area contributed by atoms with E-state index in [1.807, 2.05) is 39.0 Å². The van der Waals surface area contributed by atoms with Crippen LogP contribution in [0.5, 0.6) is 0 Å². The molecular weight excluding hydrogens is 258 g/mol. The van der Waals surface area contributed by atoms with Gasteiger partial charge in [0, 0.05) is 23.1 Å². The minimum Gasteiger partial charge on any atom is -0.355 e. The second kappa shape index (κ2) is 7.43. The predicted molar refractivity (Wildman–Crippen MR) is 80.5 cm³/mol. The molecule has 0 saturated heterocycles. The van der Waals surface area contributed by atoms with Crippen molar-refractivity contribution >= 4 is 16.7 Å². The Bertz CT molecular complexity index is 471. The van der Waals surface area contributed by atoms with Crippen LogP contribution < -0.4 is 5.32 Å². The maximum atomic E-state index is 12.2. The first-order chi connectivity index (χ1) is 8.95. The van der Waals surface area contributed by atoms with Gasteiger partial charge in [-0.1, -0.05) is 30.7 Å². The lowest BCUT2D eigenvalue weighted by atomic mass is 10.1. The van der Waals surface area contributed by atoms with Crippen molar-refractivity contribution in [1.82, 2.24) is 5.32 Å². The highest BCUT2D eigenvalue weighted by atomic mass is 32.2. The Morgan fingerprint density at radius 3 is 2.68 bits per heavy atom. The van der Waals surface area contributed by atoms with Crippen LogP contribution in [0.2, 0.25) is 0 Å². The zero-order valence-electron chi connectivity index (χ0n) is 12.2. The third kappa shape index (κ3) is 4.78. The molecule has 0 aromatic heterocycles. The van der Waals surface area contributed by atoms with Gasteiger partial charge in [-0.05, 0) is 38.3 Å². The smallest absolute Gasteiger partial charge is 0.235 e.